The van der Waals surface area contributed by atoms with Crippen molar-refractivity contribution >= 4 is 22.8 Å². The number of aromatic nitrogens is 2. The predicted molar refractivity (Wildman–Crippen MR) is 85.1 cm³/mol. The molecular formula is C14H20N4O2S. The Morgan fingerprint density at radius 2 is 2.19 bits per heavy atom. The first-order valence-corrected chi connectivity index (χ1v) is 7.70. The van der Waals surface area contributed by atoms with Gasteiger partial charge < -0.3 is 5.32 Å². The molecule has 1 unspecified atom stereocenters. The van der Waals surface area contributed by atoms with Gasteiger partial charge in [0.05, 0.1) is 11.0 Å². The molecule has 1 atom stereocenters. The summed E-state index contributed by atoms with van der Waals surface area (Å²) in [4.78, 5) is 13.3. The molecule has 0 spiro atoms. The second kappa shape index (κ2) is 5.85. The molecule has 0 fully saturated rings. The van der Waals surface area contributed by atoms with Crippen molar-refractivity contribution < 1.29 is 4.92 Å². The van der Waals surface area contributed by atoms with Gasteiger partial charge in [0.2, 0.25) is 5.82 Å². The maximum absolute atomic E-state index is 11.2. The highest BCUT2D eigenvalue weighted by Crippen LogP contribution is 2.33. The predicted octanol–water partition coefficient (Wildman–Crippen LogP) is 3.74. The number of hydrogen-bond acceptors (Lipinski definition) is 5. The molecule has 0 saturated heterocycles. The van der Waals surface area contributed by atoms with E-state index in [4.69, 9.17) is 0 Å². The highest BCUT2D eigenvalue weighted by molar-refractivity contribution is 7.12. The molecular weight excluding hydrogens is 288 g/mol. The van der Waals surface area contributed by atoms with Crippen molar-refractivity contribution in [1.82, 2.24) is 9.78 Å². The summed E-state index contributed by atoms with van der Waals surface area (Å²) in [5.74, 6) is 0.453. The Morgan fingerprint density at radius 1 is 1.52 bits per heavy atom. The lowest BCUT2D eigenvalue weighted by Crippen LogP contribution is -2.10. The Balaban J connectivity index is 2.31. The first-order valence-electron chi connectivity index (χ1n) is 6.88. The van der Waals surface area contributed by atoms with Gasteiger partial charge in [0, 0.05) is 16.8 Å². The van der Waals surface area contributed by atoms with Gasteiger partial charge in [-0.25, -0.2) is 4.68 Å². The van der Waals surface area contributed by atoms with Crippen LogP contribution in [0.2, 0.25) is 0 Å². The second-order valence-corrected chi connectivity index (χ2v) is 6.31. The Kier molecular flexibility index (Phi) is 4.32. The molecule has 0 aromatic carbocycles. The van der Waals surface area contributed by atoms with Gasteiger partial charge in [-0.15, -0.1) is 11.3 Å². The number of rotatable bonds is 5. The number of hydrogen-bond donors (Lipinski definition) is 1. The summed E-state index contributed by atoms with van der Waals surface area (Å²) >= 11 is 1.75. The van der Waals surface area contributed by atoms with E-state index in [2.05, 4.69) is 30.3 Å². The van der Waals surface area contributed by atoms with E-state index < -0.39 is 0 Å². The van der Waals surface area contributed by atoms with Crippen molar-refractivity contribution in [3.8, 4) is 0 Å². The molecule has 6 nitrogen and oxygen atoms in total. The van der Waals surface area contributed by atoms with Gasteiger partial charge >= 0.3 is 5.69 Å². The topological polar surface area (TPSA) is 73.0 Å². The van der Waals surface area contributed by atoms with Crippen molar-refractivity contribution in [2.24, 2.45) is 7.05 Å². The molecule has 2 rings (SSSR count). The van der Waals surface area contributed by atoms with Gasteiger partial charge in [0.25, 0.3) is 0 Å². The van der Waals surface area contributed by atoms with Crippen molar-refractivity contribution in [1.29, 1.82) is 0 Å². The molecule has 21 heavy (non-hydrogen) atoms. The number of nitrogens with zero attached hydrogens (tertiary/aromatic N) is 3. The first kappa shape index (κ1) is 15.5. The third-order valence-electron chi connectivity index (χ3n) is 3.51. The number of aryl methyl sites for hydroxylation is 4. The largest absolute Gasteiger partial charge is 0.357 e. The summed E-state index contributed by atoms with van der Waals surface area (Å²) in [6.45, 7) is 7.90. The van der Waals surface area contributed by atoms with Crippen LogP contribution in [0.4, 0.5) is 11.5 Å². The molecule has 114 valence electrons. The number of nitro groups is 1. The van der Waals surface area contributed by atoms with Gasteiger partial charge in [0.1, 0.15) is 5.69 Å². The second-order valence-electron chi connectivity index (χ2n) is 5.14. The van der Waals surface area contributed by atoms with E-state index in [0.717, 1.165) is 6.42 Å². The summed E-state index contributed by atoms with van der Waals surface area (Å²) in [7, 11) is 1.71. The number of anilines is 1. The first-order chi connectivity index (χ1) is 9.85. The lowest BCUT2D eigenvalue weighted by Gasteiger charge is -2.13. The monoisotopic (exact) mass is 308 g/mol. The molecule has 0 bridgehead atoms. The molecule has 2 aromatic rings. The van der Waals surface area contributed by atoms with Crippen molar-refractivity contribution in [3.63, 3.8) is 0 Å². The van der Waals surface area contributed by atoms with E-state index in [0.29, 0.717) is 11.5 Å². The molecule has 0 saturated carbocycles. The van der Waals surface area contributed by atoms with Gasteiger partial charge in [-0.2, -0.15) is 5.10 Å². The van der Waals surface area contributed by atoms with Crippen LogP contribution in [0.25, 0.3) is 0 Å². The van der Waals surface area contributed by atoms with Gasteiger partial charge in [-0.1, -0.05) is 6.92 Å². The van der Waals surface area contributed by atoms with E-state index in [1.165, 1.54) is 20.0 Å². The van der Waals surface area contributed by atoms with Crippen LogP contribution in [0, 0.1) is 24.0 Å². The molecule has 0 aliphatic carbocycles. The molecule has 0 radical (unpaired) electrons. The van der Waals surface area contributed by atoms with E-state index >= 15 is 0 Å². The van der Waals surface area contributed by atoms with Crippen LogP contribution in [0.1, 0.15) is 40.9 Å². The highest BCUT2D eigenvalue weighted by atomic mass is 32.1. The van der Waals surface area contributed by atoms with Crippen LogP contribution >= 0.6 is 11.3 Å². The van der Waals surface area contributed by atoms with Crippen LogP contribution in [0.15, 0.2) is 6.07 Å². The van der Waals surface area contributed by atoms with Gasteiger partial charge in [0.15, 0.2) is 0 Å². The minimum Gasteiger partial charge on any atom is -0.357 e. The smallest absolute Gasteiger partial charge is 0.333 e. The van der Waals surface area contributed by atoms with Gasteiger partial charge in [-0.05, 0) is 38.8 Å². The van der Waals surface area contributed by atoms with Crippen molar-refractivity contribution in [2.45, 2.75) is 40.2 Å². The molecule has 0 amide bonds. The average molecular weight is 308 g/mol. The van der Waals surface area contributed by atoms with Crippen LogP contribution in [-0.4, -0.2) is 14.7 Å². The lowest BCUT2D eigenvalue weighted by atomic mass is 10.2. The van der Waals surface area contributed by atoms with Crippen molar-refractivity contribution in [3.05, 3.63) is 37.2 Å². The Labute approximate surface area is 127 Å². The fraction of sp³-hybridized carbons (Fsp3) is 0.500. The fourth-order valence-electron chi connectivity index (χ4n) is 2.41. The van der Waals surface area contributed by atoms with Gasteiger partial charge in [-0.3, -0.25) is 10.1 Å². The summed E-state index contributed by atoms with van der Waals surface area (Å²) in [5, 5.41) is 18.6. The normalized spacial score (nSPS) is 12.4. The molecule has 0 aliphatic heterocycles. The fourth-order valence-corrected chi connectivity index (χ4v) is 3.53. The van der Waals surface area contributed by atoms with Crippen LogP contribution in [0.3, 0.4) is 0 Å². The standard InChI is InChI=1S/C14H20N4O2S/c1-6-11-8(2)7-12(21-11)9(3)15-14-13(18(19)20)10(4)16-17(14)5/h7,9,15H,6H2,1-5H3. The molecule has 0 aliphatic rings. The zero-order valence-corrected chi connectivity index (χ0v) is 13.7. The van der Waals surface area contributed by atoms with Crippen molar-refractivity contribution in [2.75, 3.05) is 5.32 Å². The molecule has 2 aromatic heterocycles. The van der Waals surface area contributed by atoms with E-state index in [1.807, 2.05) is 6.92 Å². The van der Waals surface area contributed by atoms with E-state index in [-0.39, 0.29) is 16.7 Å². The quantitative estimate of drug-likeness (QED) is 0.674. The number of thiophene rings is 1. The lowest BCUT2D eigenvalue weighted by molar-refractivity contribution is -0.384. The van der Waals surface area contributed by atoms with Crippen LogP contribution < -0.4 is 5.32 Å². The molecule has 1 N–H and O–H groups in total. The number of nitrogens with one attached hydrogen (secondary N) is 1. The third-order valence-corrected chi connectivity index (χ3v) is 5.08. The summed E-state index contributed by atoms with van der Waals surface area (Å²) < 4.78 is 1.53. The summed E-state index contributed by atoms with van der Waals surface area (Å²) in [5.41, 5.74) is 1.75. The average Bonchev–Trinajstić information content (AvgIpc) is 2.90. The maximum atomic E-state index is 11.2. The summed E-state index contributed by atoms with van der Waals surface area (Å²) in [6.07, 6.45) is 1.01. The maximum Gasteiger partial charge on any atom is 0.333 e. The molecule has 2 heterocycles. The SMILES string of the molecule is CCc1sc(C(C)Nc2c([N+](=O)[O-])c(C)nn2C)cc1C. The van der Waals surface area contributed by atoms with E-state index in [1.54, 1.807) is 25.3 Å². The van der Waals surface area contributed by atoms with Crippen LogP contribution in [0.5, 0.6) is 0 Å². The molecule has 7 heteroatoms. The third kappa shape index (κ3) is 2.92. The zero-order chi connectivity index (χ0) is 15.7. The highest BCUT2D eigenvalue weighted by Gasteiger charge is 2.25. The minimum absolute atomic E-state index is 0.00231. The summed E-state index contributed by atoms with van der Waals surface area (Å²) in [6, 6.07) is 2.15. The minimum atomic E-state index is -0.380. The van der Waals surface area contributed by atoms with E-state index in [9.17, 15) is 10.1 Å². The Hall–Kier alpha value is -1.89. The zero-order valence-electron chi connectivity index (χ0n) is 12.9. The Morgan fingerprint density at radius 3 is 2.71 bits per heavy atom. The van der Waals surface area contributed by atoms with Crippen LogP contribution in [-0.2, 0) is 13.5 Å². The Bertz CT molecular complexity index is 675.